The van der Waals surface area contributed by atoms with Crippen molar-refractivity contribution in [3.05, 3.63) is 48.0 Å². The van der Waals surface area contributed by atoms with Gasteiger partial charge in [-0.15, -0.1) is 16.7 Å². The maximum absolute atomic E-state index is 5.63. The van der Waals surface area contributed by atoms with E-state index in [4.69, 9.17) is 16.0 Å². The van der Waals surface area contributed by atoms with E-state index in [1.165, 1.54) is 5.56 Å². The largest absolute Gasteiger partial charge is 0.408 e. The zero-order chi connectivity index (χ0) is 14.5. The molecule has 2 heterocycles. The fourth-order valence-electron chi connectivity index (χ4n) is 2.18. The van der Waals surface area contributed by atoms with Crippen molar-refractivity contribution in [2.45, 2.75) is 12.8 Å². The molecule has 0 bridgehead atoms. The summed E-state index contributed by atoms with van der Waals surface area (Å²) in [6, 6.07) is 10.6. The second-order valence-corrected chi connectivity index (χ2v) is 4.99. The highest BCUT2D eigenvalue weighted by Crippen LogP contribution is 2.16. The summed E-state index contributed by atoms with van der Waals surface area (Å²) in [7, 11) is 0. The molecular formula is C15H15ClN4O. The number of nitrogens with zero attached hydrogens (tertiary/aromatic N) is 3. The number of halogens is 1. The molecule has 0 spiro atoms. The van der Waals surface area contributed by atoms with Gasteiger partial charge in [-0.25, -0.2) is 0 Å². The van der Waals surface area contributed by atoms with Gasteiger partial charge in [0, 0.05) is 30.4 Å². The second-order valence-electron chi connectivity index (χ2n) is 4.61. The lowest BCUT2D eigenvalue weighted by Crippen LogP contribution is -2.05. The second kappa shape index (κ2) is 6.54. The van der Waals surface area contributed by atoms with Gasteiger partial charge in [0.2, 0.25) is 5.89 Å². The number of aryl methyl sites for hydroxylation is 1. The summed E-state index contributed by atoms with van der Waals surface area (Å²) in [6.45, 7) is 0.707. The number of hydrogen-bond acceptors (Lipinski definition) is 5. The van der Waals surface area contributed by atoms with Crippen LogP contribution in [0.2, 0.25) is 0 Å². The quantitative estimate of drug-likeness (QED) is 0.709. The molecule has 0 radical (unpaired) electrons. The average Bonchev–Trinajstić information content (AvgIpc) is 2.96. The molecule has 1 N–H and O–H groups in total. The Morgan fingerprint density at radius 2 is 2.00 bits per heavy atom. The fourth-order valence-corrected chi connectivity index (χ4v) is 2.34. The molecule has 0 fully saturated rings. The third-order valence-electron chi connectivity index (χ3n) is 3.16. The summed E-state index contributed by atoms with van der Waals surface area (Å²) in [5.74, 6) is 1.03. The fraction of sp³-hybridized carbons (Fsp3) is 0.267. The number of alkyl halides is 1. The lowest BCUT2D eigenvalue weighted by molar-refractivity contribution is 0.512. The first-order chi connectivity index (χ1) is 10.4. The normalized spacial score (nSPS) is 10.9. The number of hydrogen-bond donors (Lipinski definition) is 1. The van der Waals surface area contributed by atoms with Gasteiger partial charge in [-0.2, -0.15) is 0 Å². The summed E-state index contributed by atoms with van der Waals surface area (Å²) < 4.78 is 5.42. The smallest absolute Gasteiger partial charge is 0.315 e. The van der Waals surface area contributed by atoms with Gasteiger partial charge in [-0.05, 0) is 18.1 Å². The summed E-state index contributed by atoms with van der Waals surface area (Å²) in [4.78, 5) is 4.44. The van der Waals surface area contributed by atoms with Gasteiger partial charge >= 0.3 is 6.01 Å². The van der Waals surface area contributed by atoms with E-state index in [0.717, 1.165) is 17.3 Å². The van der Waals surface area contributed by atoms with Crippen molar-refractivity contribution < 1.29 is 4.42 Å². The minimum atomic E-state index is 0.434. The first-order valence-corrected chi connectivity index (χ1v) is 7.35. The number of benzene rings is 1. The van der Waals surface area contributed by atoms with Gasteiger partial charge in [0.1, 0.15) is 0 Å². The van der Waals surface area contributed by atoms with Gasteiger partial charge in [0.25, 0.3) is 0 Å². The van der Waals surface area contributed by atoms with Crippen molar-refractivity contribution in [1.82, 2.24) is 15.2 Å². The minimum absolute atomic E-state index is 0.434. The highest BCUT2D eigenvalue weighted by Gasteiger charge is 2.06. The van der Waals surface area contributed by atoms with Gasteiger partial charge in [0.05, 0.1) is 5.52 Å². The molecule has 3 rings (SSSR count). The van der Waals surface area contributed by atoms with E-state index in [9.17, 15) is 0 Å². The molecule has 0 saturated carbocycles. The first kappa shape index (κ1) is 13.8. The maximum Gasteiger partial charge on any atom is 0.315 e. The van der Waals surface area contributed by atoms with Crippen LogP contribution < -0.4 is 5.32 Å². The molecule has 6 heteroatoms. The first-order valence-electron chi connectivity index (χ1n) is 6.81. The molecule has 0 atom stereocenters. The lowest BCUT2D eigenvalue weighted by Gasteiger charge is -2.05. The van der Waals surface area contributed by atoms with Gasteiger partial charge in [-0.3, -0.25) is 4.98 Å². The summed E-state index contributed by atoms with van der Waals surface area (Å²) >= 11 is 5.63. The number of para-hydroxylation sites is 1. The number of anilines is 1. The van der Waals surface area contributed by atoms with Crippen LogP contribution in [0.1, 0.15) is 11.5 Å². The molecule has 0 saturated heterocycles. The summed E-state index contributed by atoms with van der Waals surface area (Å²) in [6.07, 6.45) is 3.24. The van der Waals surface area contributed by atoms with E-state index in [0.29, 0.717) is 30.8 Å². The van der Waals surface area contributed by atoms with Crippen molar-refractivity contribution in [2.24, 2.45) is 0 Å². The molecular weight excluding hydrogens is 288 g/mol. The van der Waals surface area contributed by atoms with Crippen LogP contribution in [0.25, 0.3) is 10.9 Å². The zero-order valence-electron chi connectivity index (χ0n) is 11.4. The molecule has 21 heavy (non-hydrogen) atoms. The van der Waals surface area contributed by atoms with E-state index >= 15 is 0 Å². The van der Waals surface area contributed by atoms with Crippen LogP contribution in [-0.4, -0.2) is 27.6 Å². The molecule has 0 aliphatic heterocycles. The van der Waals surface area contributed by atoms with Crippen molar-refractivity contribution >= 4 is 28.5 Å². The zero-order valence-corrected chi connectivity index (χ0v) is 12.2. The molecule has 5 nitrogen and oxygen atoms in total. The highest BCUT2D eigenvalue weighted by atomic mass is 35.5. The SMILES string of the molecule is ClCCc1nnc(NCCc2cccc3cccnc23)o1. The van der Waals surface area contributed by atoms with Crippen LogP contribution in [0, 0.1) is 0 Å². The van der Waals surface area contributed by atoms with E-state index in [-0.39, 0.29) is 0 Å². The van der Waals surface area contributed by atoms with Gasteiger partial charge in [-0.1, -0.05) is 29.4 Å². The predicted molar refractivity (Wildman–Crippen MR) is 82.7 cm³/mol. The molecule has 0 aliphatic rings. The molecule has 0 unspecified atom stereocenters. The summed E-state index contributed by atoms with van der Waals surface area (Å²) in [5.41, 5.74) is 2.23. The van der Waals surface area contributed by atoms with Crippen molar-refractivity contribution in [1.29, 1.82) is 0 Å². The van der Waals surface area contributed by atoms with Crippen LogP contribution in [0.15, 0.2) is 40.9 Å². The van der Waals surface area contributed by atoms with Crippen molar-refractivity contribution in [3.63, 3.8) is 0 Å². The maximum atomic E-state index is 5.63. The van der Waals surface area contributed by atoms with E-state index in [1.807, 2.05) is 18.3 Å². The third kappa shape index (κ3) is 3.31. The Labute approximate surface area is 127 Å². The Morgan fingerprint density at radius 3 is 2.90 bits per heavy atom. The van der Waals surface area contributed by atoms with Crippen molar-refractivity contribution in [2.75, 3.05) is 17.7 Å². The van der Waals surface area contributed by atoms with Crippen LogP contribution in [0.4, 0.5) is 6.01 Å². The number of aromatic nitrogens is 3. The molecule has 0 aliphatic carbocycles. The van der Waals surface area contributed by atoms with E-state index < -0.39 is 0 Å². The number of fused-ring (bicyclic) bond motifs is 1. The monoisotopic (exact) mass is 302 g/mol. The Bertz CT molecular complexity index is 723. The van der Waals surface area contributed by atoms with E-state index in [2.05, 4.69) is 38.7 Å². The Kier molecular flexibility index (Phi) is 4.31. The van der Waals surface area contributed by atoms with Crippen molar-refractivity contribution in [3.8, 4) is 0 Å². The Balaban J connectivity index is 1.63. The predicted octanol–water partition coefficient (Wildman–Crippen LogP) is 3.05. The highest BCUT2D eigenvalue weighted by molar-refractivity contribution is 6.17. The van der Waals surface area contributed by atoms with Crippen LogP contribution in [0.5, 0.6) is 0 Å². The minimum Gasteiger partial charge on any atom is -0.408 e. The molecule has 3 aromatic rings. The number of pyridine rings is 1. The number of rotatable bonds is 6. The van der Waals surface area contributed by atoms with E-state index in [1.54, 1.807) is 0 Å². The number of nitrogens with one attached hydrogen (secondary N) is 1. The Hall–Kier alpha value is -2.14. The summed E-state index contributed by atoms with van der Waals surface area (Å²) in [5, 5.41) is 12.1. The molecule has 1 aromatic carbocycles. The van der Waals surface area contributed by atoms with Gasteiger partial charge < -0.3 is 9.73 Å². The van der Waals surface area contributed by atoms with Crippen LogP contribution >= 0.6 is 11.6 Å². The van der Waals surface area contributed by atoms with Gasteiger partial charge in [0.15, 0.2) is 0 Å². The third-order valence-corrected chi connectivity index (χ3v) is 3.35. The molecule has 2 aromatic heterocycles. The van der Waals surface area contributed by atoms with Crippen LogP contribution in [-0.2, 0) is 12.8 Å². The lowest BCUT2D eigenvalue weighted by atomic mass is 10.1. The Morgan fingerprint density at radius 1 is 1.10 bits per heavy atom. The molecule has 108 valence electrons. The average molecular weight is 303 g/mol. The van der Waals surface area contributed by atoms with Crippen LogP contribution in [0.3, 0.4) is 0 Å². The standard InChI is InChI=1S/C15H15ClN4O/c16-8-6-13-19-20-15(21-13)18-10-7-12-4-1-3-11-5-2-9-17-14(11)12/h1-5,9H,6-8,10H2,(H,18,20). The topological polar surface area (TPSA) is 63.8 Å². The molecule has 0 amide bonds.